The van der Waals surface area contributed by atoms with Gasteiger partial charge in [-0.1, -0.05) is 325 Å². The van der Waals surface area contributed by atoms with Crippen molar-refractivity contribution >= 4 is 0 Å². The third-order valence-electron chi connectivity index (χ3n) is 16.2. The van der Waals surface area contributed by atoms with Crippen molar-refractivity contribution in [3.63, 3.8) is 0 Å². The summed E-state index contributed by atoms with van der Waals surface area (Å²) >= 11 is 0. The molecule has 0 bridgehead atoms. The molecule has 7 heteroatoms. The van der Waals surface area contributed by atoms with Crippen molar-refractivity contribution in [2.75, 3.05) is 40.0 Å². The van der Waals surface area contributed by atoms with Crippen molar-refractivity contribution in [1.29, 1.82) is 0 Å². The molecule has 0 N–H and O–H groups in total. The maximum atomic E-state index is 6.86. The molecule has 2 unspecified atom stereocenters. The first-order valence-electron chi connectivity index (χ1n) is 35.9. The van der Waals surface area contributed by atoms with Gasteiger partial charge >= 0.3 is 0 Å². The lowest BCUT2D eigenvalue weighted by Crippen LogP contribution is -2.24. The van der Waals surface area contributed by atoms with Crippen molar-refractivity contribution in [2.24, 2.45) is 0 Å². The van der Waals surface area contributed by atoms with E-state index in [4.69, 9.17) is 33.2 Å². The van der Waals surface area contributed by atoms with E-state index in [1.54, 1.807) is 0 Å². The molecule has 0 fully saturated rings. The fourth-order valence-corrected chi connectivity index (χ4v) is 10.8. The average Bonchev–Trinajstić information content (AvgIpc) is 3.47. The van der Waals surface area contributed by atoms with E-state index in [2.05, 4.69) is 55.4 Å². The number of unbranched alkanes of at least 4 members (excludes halogenated alkanes) is 42. The van der Waals surface area contributed by atoms with Crippen LogP contribution in [0, 0.1) is 0 Å². The summed E-state index contributed by atoms with van der Waals surface area (Å²) in [5, 5.41) is 0. The topological polar surface area (TPSA) is 64.6 Å². The maximum Gasteiger partial charge on any atom is 0.162 e. The first kappa shape index (κ1) is 77.6. The zero-order valence-corrected chi connectivity index (χ0v) is 55.0. The minimum absolute atomic E-state index is 0.126. The Morgan fingerprint density at radius 1 is 0.228 bits per heavy atom. The van der Waals surface area contributed by atoms with Crippen LogP contribution in [0.25, 0.3) is 0 Å². The van der Waals surface area contributed by atoms with Gasteiger partial charge in [-0.3, -0.25) is 0 Å². The van der Waals surface area contributed by atoms with Crippen LogP contribution in [0.4, 0.5) is 0 Å². The number of rotatable bonds is 68. The second kappa shape index (κ2) is 65.7. The van der Waals surface area contributed by atoms with Crippen LogP contribution in [0.3, 0.4) is 0 Å². The van der Waals surface area contributed by atoms with Crippen molar-refractivity contribution in [1.82, 2.24) is 0 Å². The molecule has 79 heavy (non-hydrogen) atoms. The summed E-state index contributed by atoms with van der Waals surface area (Å²) in [5.41, 5.74) is 0. The Labute approximate surface area is 495 Å². The Morgan fingerprint density at radius 3 is 0.658 bits per heavy atom. The highest BCUT2D eigenvalue weighted by atomic mass is 16.7. The quantitative estimate of drug-likeness (QED) is 0.0342. The lowest BCUT2D eigenvalue weighted by Gasteiger charge is -2.25. The lowest BCUT2D eigenvalue weighted by atomic mass is 10.1. The SMILES string of the molecule is CCCCCCCCCCOC(CCCCCCCCCC)=C(OCCCCCCCCCC)C(CC)OCOCOC(CC)C(OCCCCCCCCCC)=C(CCCCCCCCCC)OCCCCCCCCCC. The van der Waals surface area contributed by atoms with E-state index in [-0.39, 0.29) is 25.8 Å². The molecular formula is C72H142O7. The molecule has 0 aliphatic carbocycles. The van der Waals surface area contributed by atoms with Crippen LogP contribution < -0.4 is 0 Å². The zero-order chi connectivity index (χ0) is 57.4. The largest absolute Gasteiger partial charge is 0.494 e. The van der Waals surface area contributed by atoms with E-state index in [9.17, 15) is 0 Å². The molecule has 0 aromatic carbocycles. The Morgan fingerprint density at radius 2 is 0.430 bits per heavy atom. The van der Waals surface area contributed by atoms with Crippen LogP contribution >= 0.6 is 0 Å². The number of allylic oxidation sites excluding steroid dienone is 2. The minimum Gasteiger partial charge on any atom is -0.494 e. The van der Waals surface area contributed by atoms with Gasteiger partial charge in [-0.2, -0.15) is 0 Å². The van der Waals surface area contributed by atoms with E-state index >= 15 is 0 Å². The standard InChI is InChI=1S/C72H142O7/c1-9-17-23-29-35-41-47-53-59-69(74-61-55-49-43-37-31-25-19-11-3)71(76-63-57-51-45-39-33-27-21-13-5)67(15-7)78-65-73-66-79-68(16-8)72(77-64-58-52-46-40-34-28-22-14-6)70(60-54-48-42-36-30-24-18-10-2)75-62-56-50-44-38-32-26-20-12-4/h67-68H,9-66H2,1-8H3. The summed E-state index contributed by atoms with van der Waals surface area (Å²) in [6, 6.07) is 0. The summed E-state index contributed by atoms with van der Waals surface area (Å²) in [5.74, 6) is 3.84. The molecule has 0 spiro atoms. The number of ether oxygens (including phenoxy) is 7. The van der Waals surface area contributed by atoms with Gasteiger partial charge in [-0.15, -0.1) is 0 Å². The third-order valence-corrected chi connectivity index (χ3v) is 16.2. The highest BCUT2D eigenvalue weighted by molar-refractivity contribution is 5.09. The third kappa shape index (κ3) is 51.9. The van der Waals surface area contributed by atoms with E-state index in [1.165, 1.54) is 270 Å². The van der Waals surface area contributed by atoms with Crippen molar-refractivity contribution in [3.05, 3.63) is 23.0 Å². The van der Waals surface area contributed by atoms with Gasteiger partial charge in [0.05, 0.1) is 26.4 Å². The van der Waals surface area contributed by atoms with Gasteiger partial charge in [0.25, 0.3) is 0 Å². The van der Waals surface area contributed by atoms with E-state index in [0.29, 0.717) is 13.2 Å². The molecule has 0 aromatic heterocycles. The van der Waals surface area contributed by atoms with Crippen LogP contribution in [-0.2, 0) is 33.2 Å². The smallest absolute Gasteiger partial charge is 0.162 e. The molecule has 0 aromatic rings. The van der Waals surface area contributed by atoms with E-state index in [1.807, 2.05) is 0 Å². The molecule has 0 heterocycles. The summed E-state index contributed by atoms with van der Waals surface area (Å²) in [6.45, 7) is 21.4. The normalized spacial score (nSPS) is 13.2. The molecule has 7 nitrogen and oxygen atoms in total. The predicted octanol–water partition coefficient (Wildman–Crippen LogP) is 24.6. The van der Waals surface area contributed by atoms with E-state index < -0.39 is 0 Å². The molecule has 0 saturated carbocycles. The molecule has 0 radical (unpaired) electrons. The van der Waals surface area contributed by atoms with Crippen molar-refractivity contribution < 1.29 is 33.2 Å². The molecule has 0 aliphatic heterocycles. The zero-order valence-electron chi connectivity index (χ0n) is 55.0. The molecule has 0 amide bonds. The van der Waals surface area contributed by atoms with Gasteiger partial charge in [0.15, 0.2) is 25.1 Å². The van der Waals surface area contributed by atoms with Gasteiger partial charge in [0, 0.05) is 12.8 Å². The molecule has 0 aliphatic rings. The first-order chi connectivity index (χ1) is 39.1. The van der Waals surface area contributed by atoms with Gasteiger partial charge in [-0.05, 0) is 51.4 Å². The predicted molar refractivity (Wildman–Crippen MR) is 344 cm³/mol. The summed E-state index contributed by atoms with van der Waals surface area (Å²) in [6.07, 6.45) is 64.6. The van der Waals surface area contributed by atoms with Crippen LogP contribution in [0.1, 0.15) is 389 Å². The first-order valence-corrected chi connectivity index (χ1v) is 35.9. The molecule has 0 saturated heterocycles. The van der Waals surface area contributed by atoms with Crippen LogP contribution in [0.15, 0.2) is 23.0 Å². The Hall–Kier alpha value is -1.44. The molecular weight excluding hydrogens is 977 g/mol. The Kier molecular flexibility index (Phi) is 64.5. The molecule has 0 rings (SSSR count). The second-order valence-corrected chi connectivity index (χ2v) is 23.9. The van der Waals surface area contributed by atoms with Gasteiger partial charge in [-0.25, -0.2) is 0 Å². The van der Waals surface area contributed by atoms with Gasteiger partial charge in [0.2, 0.25) is 0 Å². The van der Waals surface area contributed by atoms with Crippen molar-refractivity contribution in [3.8, 4) is 0 Å². The Bertz CT molecular complexity index is 1140. The number of hydrogen-bond acceptors (Lipinski definition) is 7. The van der Waals surface area contributed by atoms with Gasteiger partial charge in [0.1, 0.15) is 23.7 Å². The highest BCUT2D eigenvalue weighted by Gasteiger charge is 2.24. The Balaban J connectivity index is 6.35. The monoisotopic (exact) mass is 1120 g/mol. The fourth-order valence-electron chi connectivity index (χ4n) is 10.8. The lowest BCUT2D eigenvalue weighted by molar-refractivity contribution is -0.166. The second-order valence-electron chi connectivity index (χ2n) is 23.9. The summed E-state index contributed by atoms with van der Waals surface area (Å²) in [7, 11) is 0. The summed E-state index contributed by atoms with van der Waals surface area (Å²) < 4.78 is 47.0. The fraction of sp³-hybridized carbons (Fsp3) is 0.944. The minimum atomic E-state index is -0.243. The summed E-state index contributed by atoms with van der Waals surface area (Å²) in [4.78, 5) is 0. The molecule has 472 valence electrons. The number of hydrogen-bond donors (Lipinski definition) is 0. The van der Waals surface area contributed by atoms with Crippen molar-refractivity contribution in [2.45, 2.75) is 401 Å². The van der Waals surface area contributed by atoms with Crippen LogP contribution in [-0.4, -0.2) is 52.2 Å². The highest BCUT2D eigenvalue weighted by Crippen LogP contribution is 2.28. The average molecular weight is 1120 g/mol. The van der Waals surface area contributed by atoms with E-state index in [0.717, 1.165) is 100 Å². The van der Waals surface area contributed by atoms with Crippen LogP contribution in [0.2, 0.25) is 0 Å². The molecule has 2 atom stereocenters. The maximum absolute atomic E-state index is 6.86. The van der Waals surface area contributed by atoms with Gasteiger partial charge < -0.3 is 33.2 Å². The van der Waals surface area contributed by atoms with Crippen LogP contribution in [0.5, 0.6) is 0 Å².